The van der Waals surface area contributed by atoms with Crippen molar-refractivity contribution in [2.24, 2.45) is 14.1 Å². The number of carbonyl (C=O) groups is 1. The zero-order chi connectivity index (χ0) is 25.1. The number of hydrogen-bond acceptors (Lipinski definition) is 9. The zero-order valence-corrected chi connectivity index (χ0v) is 20.3. The van der Waals surface area contributed by atoms with Gasteiger partial charge >= 0.3 is 5.69 Å². The van der Waals surface area contributed by atoms with E-state index in [0.29, 0.717) is 22.8 Å². The Kier molecular flexibility index (Phi) is 6.92. The Morgan fingerprint density at radius 2 is 1.86 bits per heavy atom. The van der Waals surface area contributed by atoms with Crippen molar-refractivity contribution in [1.29, 1.82) is 0 Å². The molecule has 3 aromatic heterocycles. The molecule has 4 aromatic rings. The lowest BCUT2D eigenvalue weighted by Gasteiger charge is -2.13. The number of fused-ring (bicyclic) bond motifs is 1. The van der Waals surface area contributed by atoms with Gasteiger partial charge < -0.3 is 19.2 Å². The van der Waals surface area contributed by atoms with Gasteiger partial charge in [-0.25, -0.2) is 14.8 Å². The molecule has 0 radical (unpaired) electrons. The van der Waals surface area contributed by atoms with Crippen LogP contribution in [0.15, 0.2) is 55.6 Å². The van der Waals surface area contributed by atoms with Crippen LogP contribution >= 0.6 is 11.8 Å². The topological polar surface area (TPSA) is 130 Å². The lowest BCUT2D eigenvalue weighted by Crippen LogP contribution is -2.37. The van der Waals surface area contributed by atoms with E-state index in [1.807, 2.05) is 0 Å². The van der Waals surface area contributed by atoms with Gasteiger partial charge in [-0.2, -0.15) is 0 Å². The summed E-state index contributed by atoms with van der Waals surface area (Å²) in [6.07, 6.45) is 1.53. The molecule has 0 saturated heterocycles. The molecular formula is C23H23N5O6S. The first-order valence-corrected chi connectivity index (χ1v) is 11.4. The number of aromatic nitrogens is 4. The van der Waals surface area contributed by atoms with Crippen molar-refractivity contribution in [1.82, 2.24) is 24.4 Å². The predicted molar refractivity (Wildman–Crippen MR) is 130 cm³/mol. The minimum Gasteiger partial charge on any atom is -0.493 e. The second-order valence-corrected chi connectivity index (χ2v) is 8.44. The van der Waals surface area contributed by atoms with Gasteiger partial charge in [-0.1, -0.05) is 11.8 Å². The van der Waals surface area contributed by atoms with Crippen molar-refractivity contribution in [3.63, 3.8) is 0 Å². The van der Waals surface area contributed by atoms with Crippen molar-refractivity contribution in [2.45, 2.75) is 11.6 Å². The minimum absolute atomic E-state index is 0.00973. The molecule has 1 amide bonds. The average molecular weight is 498 g/mol. The zero-order valence-electron chi connectivity index (χ0n) is 19.5. The summed E-state index contributed by atoms with van der Waals surface area (Å²) < 4.78 is 18.2. The van der Waals surface area contributed by atoms with Gasteiger partial charge in [0.15, 0.2) is 23.0 Å². The number of hydrogen-bond donors (Lipinski definition) is 1. The third-order valence-electron chi connectivity index (χ3n) is 5.29. The molecule has 11 nitrogen and oxygen atoms in total. The van der Waals surface area contributed by atoms with Gasteiger partial charge in [0.05, 0.1) is 32.8 Å². The van der Waals surface area contributed by atoms with Crippen molar-refractivity contribution in [2.75, 3.05) is 20.0 Å². The number of nitrogens with zero attached hydrogens (tertiary/aromatic N) is 4. The number of furan rings is 1. The van der Waals surface area contributed by atoms with E-state index in [1.54, 1.807) is 30.3 Å². The Labute approximate surface area is 203 Å². The third kappa shape index (κ3) is 4.78. The summed E-state index contributed by atoms with van der Waals surface area (Å²) in [6, 6.07) is 8.64. The Bertz CT molecular complexity index is 1510. The fourth-order valence-electron chi connectivity index (χ4n) is 3.42. The molecule has 1 N–H and O–H groups in total. The number of methoxy groups -OCH3 is 2. The van der Waals surface area contributed by atoms with E-state index >= 15 is 0 Å². The standard InChI is InChI=1S/C23H23N5O6S/c1-27-20-18(22(30)28(2)23(27)31)21(35-12-17(29)24-11-14-6-5-9-34-14)26-19(25-20)13-7-8-15(32-3)16(10-13)33-4/h5-10H,11-12H2,1-4H3,(H,24,29). The number of thioether (sulfide) groups is 1. The fourth-order valence-corrected chi connectivity index (χ4v) is 4.27. The highest BCUT2D eigenvalue weighted by molar-refractivity contribution is 8.00. The number of carbonyl (C=O) groups excluding carboxylic acids is 1. The maximum absolute atomic E-state index is 13.0. The molecule has 0 bridgehead atoms. The highest BCUT2D eigenvalue weighted by Gasteiger charge is 2.20. The molecule has 0 aliphatic heterocycles. The normalized spacial score (nSPS) is 11.0. The van der Waals surface area contributed by atoms with Gasteiger partial charge in [0, 0.05) is 19.7 Å². The summed E-state index contributed by atoms with van der Waals surface area (Å²) in [4.78, 5) is 47.1. The number of aryl methyl sites for hydroxylation is 1. The first kappa shape index (κ1) is 24.1. The number of ether oxygens (including phenoxy) is 2. The molecule has 0 unspecified atom stereocenters. The fraction of sp³-hybridized carbons (Fsp3) is 0.261. The van der Waals surface area contributed by atoms with Gasteiger partial charge in [0.25, 0.3) is 5.56 Å². The smallest absolute Gasteiger partial charge is 0.332 e. The van der Waals surface area contributed by atoms with Crippen LogP contribution in [0.1, 0.15) is 5.76 Å². The first-order valence-electron chi connectivity index (χ1n) is 10.5. The number of benzene rings is 1. The van der Waals surface area contributed by atoms with Crippen LogP contribution in [-0.4, -0.2) is 45.0 Å². The van der Waals surface area contributed by atoms with Crippen molar-refractivity contribution in [3.8, 4) is 22.9 Å². The average Bonchev–Trinajstić information content (AvgIpc) is 3.41. The molecule has 0 aliphatic rings. The molecule has 182 valence electrons. The molecular weight excluding hydrogens is 474 g/mol. The summed E-state index contributed by atoms with van der Waals surface area (Å²) in [5, 5.41) is 3.19. The Hall–Kier alpha value is -4.06. The van der Waals surface area contributed by atoms with Crippen molar-refractivity contribution < 1.29 is 18.7 Å². The van der Waals surface area contributed by atoms with Crippen LogP contribution in [0.4, 0.5) is 0 Å². The van der Waals surface area contributed by atoms with Gasteiger partial charge in [0.1, 0.15) is 16.2 Å². The van der Waals surface area contributed by atoms with Crippen molar-refractivity contribution >= 4 is 28.7 Å². The molecule has 0 atom stereocenters. The monoisotopic (exact) mass is 497 g/mol. The van der Waals surface area contributed by atoms with Crippen molar-refractivity contribution in [3.05, 3.63) is 63.2 Å². The van der Waals surface area contributed by atoms with Gasteiger partial charge in [-0.05, 0) is 30.3 Å². The van der Waals surface area contributed by atoms with E-state index in [2.05, 4.69) is 15.3 Å². The van der Waals surface area contributed by atoms with Crippen LogP contribution in [0.25, 0.3) is 22.4 Å². The van der Waals surface area contributed by atoms with E-state index in [0.717, 1.165) is 16.3 Å². The lowest BCUT2D eigenvalue weighted by molar-refractivity contribution is -0.118. The largest absolute Gasteiger partial charge is 0.493 e. The maximum Gasteiger partial charge on any atom is 0.332 e. The van der Waals surface area contributed by atoms with Crippen LogP contribution in [-0.2, 0) is 25.4 Å². The van der Waals surface area contributed by atoms with Crippen LogP contribution in [0.5, 0.6) is 11.5 Å². The van der Waals surface area contributed by atoms with Gasteiger partial charge in [-0.15, -0.1) is 0 Å². The molecule has 3 heterocycles. The summed E-state index contributed by atoms with van der Waals surface area (Å²) in [6.45, 7) is 0.240. The van der Waals surface area contributed by atoms with E-state index in [-0.39, 0.29) is 40.1 Å². The second-order valence-electron chi connectivity index (χ2n) is 7.47. The molecule has 12 heteroatoms. The Morgan fingerprint density at radius 3 is 2.54 bits per heavy atom. The summed E-state index contributed by atoms with van der Waals surface area (Å²) >= 11 is 1.08. The maximum atomic E-state index is 13.0. The van der Waals surface area contributed by atoms with Crippen LogP contribution in [0.3, 0.4) is 0 Å². The van der Waals surface area contributed by atoms with E-state index in [1.165, 1.54) is 39.1 Å². The summed E-state index contributed by atoms with van der Waals surface area (Å²) in [5.74, 6) is 1.60. The van der Waals surface area contributed by atoms with E-state index < -0.39 is 11.2 Å². The molecule has 0 saturated carbocycles. The SMILES string of the molecule is COc1ccc(-c2nc(SCC(=O)NCc3ccco3)c3c(=O)n(C)c(=O)n(C)c3n2)cc1OC. The number of rotatable bonds is 8. The van der Waals surface area contributed by atoms with Crippen LogP contribution < -0.4 is 26.0 Å². The Morgan fingerprint density at radius 1 is 1.09 bits per heavy atom. The lowest BCUT2D eigenvalue weighted by atomic mass is 10.2. The number of nitrogens with one attached hydrogen (secondary N) is 1. The second kappa shape index (κ2) is 10.1. The highest BCUT2D eigenvalue weighted by Crippen LogP contribution is 2.32. The van der Waals surface area contributed by atoms with Crippen LogP contribution in [0, 0.1) is 0 Å². The molecule has 0 fully saturated rings. The molecule has 4 rings (SSSR count). The number of amides is 1. The first-order chi connectivity index (χ1) is 16.8. The minimum atomic E-state index is -0.541. The molecule has 1 aromatic carbocycles. The van der Waals surface area contributed by atoms with E-state index in [9.17, 15) is 14.4 Å². The summed E-state index contributed by atoms with van der Waals surface area (Å²) in [7, 11) is 5.96. The predicted octanol–water partition coefficient (Wildman–Crippen LogP) is 1.71. The third-order valence-corrected chi connectivity index (χ3v) is 6.26. The van der Waals surface area contributed by atoms with Gasteiger partial charge in [0.2, 0.25) is 5.91 Å². The molecule has 35 heavy (non-hydrogen) atoms. The quantitative estimate of drug-likeness (QED) is 0.286. The molecule has 0 aliphatic carbocycles. The highest BCUT2D eigenvalue weighted by atomic mass is 32.2. The van der Waals surface area contributed by atoms with Crippen LogP contribution in [0.2, 0.25) is 0 Å². The van der Waals surface area contributed by atoms with Gasteiger partial charge in [-0.3, -0.25) is 18.7 Å². The van der Waals surface area contributed by atoms with E-state index in [4.69, 9.17) is 13.9 Å². The molecule has 0 spiro atoms. The summed E-state index contributed by atoms with van der Waals surface area (Å²) in [5.41, 5.74) is -0.315. The Balaban J connectivity index is 1.76.